The summed E-state index contributed by atoms with van der Waals surface area (Å²) in [7, 11) is 0. The highest BCUT2D eigenvalue weighted by Crippen LogP contribution is 2.23. The van der Waals surface area contributed by atoms with Crippen LogP contribution in [0.25, 0.3) is 0 Å². The summed E-state index contributed by atoms with van der Waals surface area (Å²) in [6, 6.07) is 13.4. The smallest absolute Gasteiger partial charge is 0.408 e. The second kappa shape index (κ2) is 18.2. The third kappa shape index (κ3) is 11.8. The maximum atomic E-state index is 14.1. The molecule has 0 bridgehead atoms. The molecular weight excluding hydrogens is 684 g/mol. The molecule has 1 aliphatic rings. The summed E-state index contributed by atoms with van der Waals surface area (Å²) in [6.07, 6.45) is -2.05. The number of aliphatic hydroxyl groups is 1. The highest BCUT2D eigenvalue weighted by molar-refractivity contribution is 7.09. The average Bonchev–Trinajstić information content (AvgIpc) is 3.54. The zero-order valence-electron chi connectivity index (χ0n) is 31.4. The summed E-state index contributed by atoms with van der Waals surface area (Å²) in [5.41, 5.74) is 1.91. The Kier molecular flexibility index (Phi) is 14.3. The number of carboxylic acid groups (broad SMARTS) is 1. The predicted octanol–water partition coefficient (Wildman–Crippen LogP) is 5.10. The van der Waals surface area contributed by atoms with Crippen molar-refractivity contribution in [3.8, 4) is 0 Å². The fraction of sp³-hybridized carbons (Fsp3) is 0.538. The van der Waals surface area contributed by atoms with E-state index in [0.717, 1.165) is 21.0 Å². The third-order valence-electron chi connectivity index (χ3n) is 9.09. The largest absolute Gasteiger partial charge is 0.465 e. The van der Waals surface area contributed by atoms with E-state index in [4.69, 9.17) is 0 Å². The molecule has 2 heterocycles. The van der Waals surface area contributed by atoms with E-state index < -0.39 is 41.8 Å². The number of aliphatic hydroxyl groups excluding tert-OH is 1. The highest BCUT2D eigenvalue weighted by atomic mass is 32.1. The van der Waals surface area contributed by atoms with Gasteiger partial charge in [-0.05, 0) is 56.4 Å². The summed E-state index contributed by atoms with van der Waals surface area (Å²) in [5, 5.41) is 31.1. The molecule has 0 radical (unpaired) electrons. The molecular formula is C39H55FN6O5S. The Hall–Kier alpha value is -3.91. The zero-order valence-corrected chi connectivity index (χ0v) is 32.2. The van der Waals surface area contributed by atoms with Crippen molar-refractivity contribution >= 4 is 29.2 Å². The molecule has 4 N–H and O–H groups in total. The van der Waals surface area contributed by atoms with Gasteiger partial charge in [0.1, 0.15) is 17.9 Å². The Balaban J connectivity index is 1.56. The topological polar surface area (TPSA) is 138 Å². The van der Waals surface area contributed by atoms with Crippen LogP contribution in [0, 0.1) is 11.7 Å². The Labute approximate surface area is 311 Å². The van der Waals surface area contributed by atoms with Gasteiger partial charge in [-0.25, -0.2) is 14.2 Å². The van der Waals surface area contributed by atoms with Gasteiger partial charge in [-0.15, -0.1) is 11.3 Å². The maximum absolute atomic E-state index is 14.1. The van der Waals surface area contributed by atoms with Gasteiger partial charge in [-0.3, -0.25) is 24.3 Å². The quantitative estimate of drug-likeness (QED) is 0.169. The third-order valence-corrected chi connectivity index (χ3v) is 10.3. The second-order valence-electron chi connectivity index (χ2n) is 15.4. The van der Waals surface area contributed by atoms with Gasteiger partial charge in [0.15, 0.2) is 0 Å². The number of nitrogens with one attached hydrogen (secondary N) is 2. The van der Waals surface area contributed by atoms with Crippen LogP contribution >= 0.6 is 11.3 Å². The Bertz CT molecular complexity index is 1610. The molecule has 4 atom stereocenters. The van der Waals surface area contributed by atoms with Crippen molar-refractivity contribution in [2.75, 3.05) is 26.2 Å². The number of thiazole rings is 1. The van der Waals surface area contributed by atoms with Crippen molar-refractivity contribution < 1.29 is 29.0 Å². The monoisotopic (exact) mass is 738 g/mol. The Morgan fingerprint density at radius 2 is 1.69 bits per heavy atom. The fourth-order valence-corrected chi connectivity index (χ4v) is 7.33. The van der Waals surface area contributed by atoms with Gasteiger partial charge in [-0.2, -0.15) is 0 Å². The van der Waals surface area contributed by atoms with E-state index >= 15 is 0 Å². The van der Waals surface area contributed by atoms with Crippen LogP contribution in [0.4, 0.5) is 9.18 Å². The molecule has 0 aliphatic carbocycles. The van der Waals surface area contributed by atoms with Crippen LogP contribution in [0.1, 0.15) is 76.2 Å². The van der Waals surface area contributed by atoms with Gasteiger partial charge in [0.25, 0.3) is 0 Å². The van der Waals surface area contributed by atoms with Gasteiger partial charge in [0.05, 0.1) is 29.4 Å². The average molecular weight is 739 g/mol. The summed E-state index contributed by atoms with van der Waals surface area (Å²) in [5.74, 6) is -1.18. The summed E-state index contributed by atoms with van der Waals surface area (Å²) in [6.45, 7) is 15.4. The van der Waals surface area contributed by atoms with Crippen LogP contribution in [-0.2, 0) is 29.1 Å². The molecule has 0 spiro atoms. The number of halogens is 1. The van der Waals surface area contributed by atoms with E-state index in [2.05, 4.69) is 20.5 Å². The first kappa shape index (κ1) is 40.9. The molecule has 1 aliphatic heterocycles. The molecule has 52 heavy (non-hydrogen) atoms. The van der Waals surface area contributed by atoms with Crippen molar-refractivity contribution in [1.82, 2.24) is 30.3 Å². The number of carbonyl (C=O) groups excluding carboxylic acids is 2. The van der Waals surface area contributed by atoms with Crippen molar-refractivity contribution in [3.05, 3.63) is 87.6 Å². The van der Waals surface area contributed by atoms with Crippen molar-refractivity contribution in [3.63, 3.8) is 0 Å². The molecule has 1 fully saturated rings. The number of aromatic nitrogens is 1. The van der Waals surface area contributed by atoms with Crippen molar-refractivity contribution in [2.45, 2.75) is 104 Å². The van der Waals surface area contributed by atoms with E-state index in [-0.39, 0.29) is 36.6 Å². The molecule has 2 aromatic carbocycles. The lowest BCUT2D eigenvalue weighted by atomic mass is 9.97. The maximum Gasteiger partial charge on any atom is 0.408 e. The number of benzene rings is 2. The minimum absolute atomic E-state index is 0.0481. The minimum atomic E-state index is -1.24. The lowest BCUT2D eigenvalue weighted by Crippen LogP contribution is -2.63. The van der Waals surface area contributed by atoms with Crippen LogP contribution in [0.5, 0.6) is 0 Å². The van der Waals surface area contributed by atoms with E-state index in [1.807, 2.05) is 75.2 Å². The van der Waals surface area contributed by atoms with Crippen LogP contribution in [0.2, 0.25) is 0 Å². The highest BCUT2D eigenvalue weighted by Gasteiger charge is 2.38. The van der Waals surface area contributed by atoms with Crippen LogP contribution in [-0.4, -0.2) is 104 Å². The fourth-order valence-electron chi connectivity index (χ4n) is 6.50. The molecule has 4 rings (SSSR count). The van der Waals surface area contributed by atoms with Crippen molar-refractivity contribution in [1.29, 1.82) is 0 Å². The predicted molar refractivity (Wildman–Crippen MR) is 201 cm³/mol. The van der Waals surface area contributed by atoms with E-state index in [1.54, 1.807) is 26.0 Å². The molecule has 1 saturated heterocycles. The molecule has 4 unspecified atom stereocenters. The normalized spacial score (nSPS) is 17.5. The van der Waals surface area contributed by atoms with Crippen molar-refractivity contribution in [2.24, 2.45) is 5.92 Å². The second-order valence-corrected chi connectivity index (χ2v) is 16.3. The van der Waals surface area contributed by atoms with Gasteiger partial charge < -0.3 is 20.8 Å². The Morgan fingerprint density at radius 1 is 1.02 bits per heavy atom. The molecule has 284 valence electrons. The molecule has 3 aromatic rings. The zero-order chi connectivity index (χ0) is 38.2. The lowest BCUT2D eigenvalue weighted by Gasteiger charge is -2.43. The number of piperazine rings is 1. The molecule has 11 nitrogen and oxygen atoms in total. The molecule has 3 amide bonds. The summed E-state index contributed by atoms with van der Waals surface area (Å²) >= 11 is 1.46. The van der Waals surface area contributed by atoms with Crippen LogP contribution in [0.3, 0.4) is 0 Å². The molecule has 13 heteroatoms. The Morgan fingerprint density at radius 3 is 2.27 bits per heavy atom. The minimum Gasteiger partial charge on any atom is -0.465 e. The molecule has 1 aromatic heterocycles. The first-order valence-electron chi connectivity index (χ1n) is 18.0. The number of hydrogen-bond donors (Lipinski definition) is 4. The molecule has 0 saturated carbocycles. The van der Waals surface area contributed by atoms with Gasteiger partial charge in [0.2, 0.25) is 11.8 Å². The van der Waals surface area contributed by atoms with Gasteiger partial charge in [0, 0.05) is 49.6 Å². The van der Waals surface area contributed by atoms with Crippen LogP contribution < -0.4 is 10.6 Å². The lowest BCUT2D eigenvalue weighted by molar-refractivity contribution is -0.133. The van der Waals surface area contributed by atoms with E-state index in [1.165, 1.54) is 23.5 Å². The first-order valence-corrected chi connectivity index (χ1v) is 18.9. The number of hydrogen-bond acceptors (Lipinski definition) is 8. The summed E-state index contributed by atoms with van der Waals surface area (Å²) < 4.78 is 13.6. The van der Waals surface area contributed by atoms with E-state index in [0.29, 0.717) is 38.3 Å². The number of rotatable bonds is 15. The number of β-amino-alcohol motifs (C(OH)–C–C–N with tert-alkyl or cyclic N) is 1. The standard InChI is InChI=1S/C39H55FN6O5S/c1-25(2)34(46(38(50)51)21-30-24-52-37(41-30)26(3)4)36(49)42-31(19-27-11-9-8-10-12-27)33(47)23-45-18-17-44(20-28-13-15-29(40)16-14-28)22-32(45)35(48)43-39(5,6)7/h8-16,24-26,31-34,47H,17-23H2,1-7H3,(H,42,49)(H,43,48)(H,50,51). The van der Waals surface area contributed by atoms with E-state index in [9.17, 15) is 29.0 Å². The number of carbonyl (C=O) groups is 3. The van der Waals surface area contributed by atoms with Crippen LogP contribution in [0.15, 0.2) is 60.0 Å². The van der Waals surface area contributed by atoms with Gasteiger partial charge >= 0.3 is 6.09 Å². The number of nitrogens with zero attached hydrogens (tertiary/aromatic N) is 4. The number of amides is 3. The summed E-state index contributed by atoms with van der Waals surface area (Å²) in [4.78, 5) is 50.3. The SMILES string of the molecule is CC(C)c1nc(CN(C(=O)O)C(C(=O)NC(Cc2ccccc2)C(O)CN2CCN(Cc3ccc(F)cc3)CC2C(=O)NC(C)(C)C)C(C)C)cs1. The first-order chi connectivity index (χ1) is 24.5. The van der Waals surface area contributed by atoms with Gasteiger partial charge in [-0.1, -0.05) is 70.2 Å².